The van der Waals surface area contributed by atoms with Crippen LogP contribution in [0.15, 0.2) is 78.9 Å². The summed E-state index contributed by atoms with van der Waals surface area (Å²) in [7, 11) is -3.72. The summed E-state index contributed by atoms with van der Waals surface area (Å²) >= 11 is 0. The molecule has 1 aliphatic rings. The standard InChI is InChI=1S/C28H33N3O5S/c1-22(28(32)29-20-23-7-6-8-24(19-23)21-30-15-17-35-18-16-30)31(37(2,33)34)25-11-13-27(14-12-25)36-26-9-4-3-5-10-26/h3-14,19,22H,15-18,20-21H2,1-2H3,(H,29,32)/t22-/m1/s1. The molecule has 4 rings (SSSR count). The smallest absolute Gasteiger partial charge is 0.243 e. The highest BCUT2D eigenvalue weighted by Crippen LogP contribution is 2.27. The van der Waals surface area contributed by atoms with Crippen LogP contribution in [0.2, 0.25) is 0 Å². The number of anilines is 1. The van der Waals surface area contributed by atoms with Crippen LogP contribution in [-0.4, -0.2) is 57.8 Å². The molecule has 1 aliphatic heterocycles. The van der Waals surface area contributed by atoms with Crippen molar-refractivity contribution in [3.63, 3.8) is 0 Å². The van der Waals surface area contributed by atoms with Crippen LogP contribution in [0, 0.1) is 0 Å². The molecule has 37 heavy (non-hydrogen) atoms. The summed E-state index contributed by atoms with van der Waals surface area (Å²) in [5.41, 5.74) is 2.51. The number of morpholine rings is 1. The van der Waals surface area contributed by atoms with E-state index >= 15 is 0 Å². The Bertz CT molecular complexity index is 1280. The Hall–Kier alpha value is -3.40. The lowest BCUT2D eigenvalue weighted by atomic mass is 10.1. The van der Waals surface area contributed by atoms with Gasteiger partial charge in [0.15, 0.2) is 0 Å². The fraction of sp³-hybridized carbons (Fsp3) is 0.321. The number of sulfonamides is 1. The third-order valence-corrected chi connectivity index (χ3v) is 7.37. The quantitative estimate of drug-likeness (QED) is 0.435. The SMILES string of the molecule is C[C@H](C(=O)NCc1cccc(CN2CCOCC2)c1)N(c1ccc(Oc2ccccc2)cc1)S(C)(=O)=O. The van der Waals surface area contributed by atoms with E-state index in [2.05, 4.69) is 22.3 Å². The number of para-hydroxylation sites is 1. The van der Waals surface area contributed by atoms with Crippen molar-refractivity contribution >= 4 is 21.6 Å². The number of nitrogens with one attached hydrogen (secondary N) is 1. The van der Waals surface area contributed by atoms with Gasteiger partial charge in [-0.2, -0.15) is 0 Å². The van der Waals surface area contributed by atoms with Gasteiger partial charge in [0.2, 0.25) is 15.9 Å². The normalized spacial score (nSPS) is 15.1. The molecule has 3 aromatic rings. The highest BCUT2D eigenvalue weighted by Gasteiger charge is 2.29. The number of ether oxygens (including phenoxy) is 2. The van der Waals surface area contributed by atoms with E-state index in [0.717, 1.165) is 54.5 Å². The third kappa shape index (κ3) is 7.55. The number of hydrogen-bond donors (Lipinski definition) is 1. The number of carbonyl (C=O) groups is 1. The minimum atomic E-state index is -3.72. The predicted molar refractivity (Wildman–Crippen MR) is 144 cm³/mol. The number of hydrogen-bond acceptors (Lipinski definition) is 6. The first-order valence-electron chi connectivity index (χ1n) is 12.3. The Morgan fingerprint density at radius 2 is 1.62 bits per heavy atom. The van der Waals surface area contributed by atoms with Crippen molar-refractivity contribution in [1.29, 1.82) is 0 Å². The van der Waals surface area contributed by atoms with Gasteiger partial charge in [0, 0.05) is 26.2 Å². The van der Waals surface area contributed by atoms with E-state index < -0.39 is 16.1 Å². The summed E-state index contributed by atoms with van der Waals surface area (Å²) in [4.78, 5) is 15.4. The lowest BCUT2D eigenvalue weighted by molar-refractivity contribution is -0.122. The molecule has 0 radical (unpaired) electrons. The minimum Gasteiger partial charge on any atom is -0.457 e. The van der Waals surface area contributed by atoms with Gasteiger partial charge in [0.1, 0.15) is 17.5 Å². The van der Waals surface area contributed by atoms with Crippen LogP contribution in [-0.2, 0) is 32.6 Å². The number of benzene rings is 3. The summed E-state index contributed by atoms with van der Waals surface area (Å²) in [5.74, 6) is 0.864. The molecule has 0 saturated carbocycles. The van der Waals surface area contributed by atoms with Crippen molar-refractivity contribution in [3.05, 3.63) is 90.0 Å². The largest absolute Gasteiger partial charge is 0.457 e. The molecule has 0 unspecified atom stereocenters. The summed E-state index contributed by atoms with van der Waals surface area (Å²) in [6, 6.07) is 23.1. The van der Waals surface area contributed by atoms with Crippen molar-refractivity contribution in [2.24, 2.45) is 0 Å². The molecule has 1 atom stereocenters. The molecule has 0 bridgehead atoms. The molecule has 9 heteroatoms. The molecule has 8 nitrogen and oxygen atoms in total. The van der Waals surface area contributed by atoms with Crippen LogP contribution in [0.25, 0.3) is 0 Å². The number of nitrogens with zero attached hydrogens (tertiary/aromatic N) is 2. The zero-order valence-electron chi connectivity index (χ0n) is 21.2. The summed E-state index contributed by atoms with van der Waals surface area (Å²) in [5, 5.41) is 2.89. The van der Waals surface area contributed by atoms with E-state index in [1.165, 1.54) is 0 Å². The molecule has 1 saturated heterocycles. The maximum atomic E-state index is 13.0. The number of amides is 1. The molecule has 1 fully saturated rings. The first-order chi connectivity index (χ1) is 17.8. The zero-order valence-corrected chi connectivity index (χ0v) is 22.0. The first-order valence-corrected chi connectivity index (χ1v) is 14.1. The second kappa shape index (κ2) is 12.2. The fourth-order valence-corrected chi connectivity index (χ4v) is 5.46. The van der Waals surface area contributed by atoms with Crippen LogP contribution in [0.3, 0.4) is 0 Å². The maximum absolute atomic E-state index is 13.0. The monoisotopic (exact) mass is 523 g/mol. The van der Waals surface area contributed by atoms with E-state index in [1.54, 1.807) is 31.2 Å². The fourth-order valence-electron chi connectivity index (χ4n) is 4.29. The molecule has 0 aliphatic carbocycles. The van der Waals surface area contributed by atoms with E-state index in [4.69, 9.17) is 9.47 Å². The van der Waals surface area contributed by atoms with Gasteiger partial charge in [-0.1, -0.05) is 42.5 Å². The number of carbonyl (C=O) groups excluding carboxylic acids is 1. The van der Waals surface area contributed by atoms with Gasteiger partial charge in [-0.15, -0.1) is 0 Å². The van der Waals surface area contributed by atoms with Crippen LogP contribution in [0.1, 0.15) is 18.1 Å². The van der Waals surface area contributed by atoms with Crippen molar-refractivity contribution in [3.8, 4) is 11.5 Å². The molecular formula is C28H33N3O5S. The highest BCUT2D eigenvalue weighted by atomic mass is 32.2. The molecule has 196 valence electrons. The molecule has 1 heterocycles. The maximum Gasteiger partial charge on any atom is 0.243 e. The molecule has 0 aromatic heterocycles. The third-order valence-electron chi connectivity index (χ3n) is 6.13. The lowest BCUT2D eigenvalue weighted by Gasteiger charge is -2.28. The van der Waals surface area contributed by atoms with Gasteiger partial charge in [-0.3, -0.25) is 14.0 Å². The summed E-state index contributed by atoms with van der Waals surface area (Å²) < 4.78 is 37.7. The molecular weight excluding hydrogens is 490 g/mol. The van der Waals surface area contributed by atoms with Crippen LogP contribution >= 0.6 is 0 Å². The average molecular weight is 524 g/mol. The minimum absolute atomic E-state index is 0.307. The predicted octanol–water partition coefficient (Wildman–Crippen LogP) is 3.78. The van der Waals surface area contributed by atoms with Gasteiger partial charge in [-0.05, 0) is 54.4 Å². The Morgan fingerprint density at radius 3 is 2.30 bits per heavy atom. The van der Waals surface area contributed by atoms with Crippen LogP contribution in [0.4, 0.5) is 5.69 Å². The summed E-state index contributed by atoms with van der Waals surface area (Å²) in [6.07, 6.45) is 1.10. The first kappa shape index (κ1) is 26.7. The molecule has 1 N–H and O–H groups in total. The van der Waals surface area contributed by atoms with E-state index in [-0.39, 0.29) is 5.91 Å². The topological polar surface area (TPSA) is 88.2 Å². The highest BCUT2D eigenvalue weighted by molar-refractivity contribution is 7.92. The Kier molecular flexibility index (Phi) is 8.81. The Labute approximate surface area is 218 Å². The van der Waals surface area contributed by atoms with Crippen molar-refractivity contribution in [2.45, 2.75) is 26.1 Å². The van der Waals surface area contributed by atoms with E-state index in [9.17, 15) is 13.2 Å². The van der Waals surface area contributed by atoms with Crippen molar-refractivity contribution in [1.82, 2.24) is 10.2 Å². The van der Waals surface area contributed by atoms with Gasteiger partial charge >= 0.3 is 0 Å². The van der Waals surface area contributed by atoms with Gasteiger partial charge in [0.05, 0.1) is 25.2 Å². The lowest BCUT2D eigenvalue weighted by Crippen LogP contribution is -2.47. The van der Waals surface area contributed by atoms with Gasteiger partial charge in [-0.25, -0.2) is 8.42 Å². The Balaban J connectivity index is 1.40. The molecule has 0 spiro atoms. The zero-order chi connectivity index (χ0) is 26.3. The second-order valence-corrected chi connectivity index (χ2v) is 10.9. The van der Waals surface area contributed by atoms with Gasteiger partial charge in [0.25, 0.3) is 0 Å². The summed E-state index contributed by atoms with van der Waals surface area (Å²) in [6.45, 7) is 6.01. The van der Waals surface area contributed by atoms with Crippen LogP contribution in [0.5, 0.6) is 11.5 Å². The van der Waals surface area contributed by atoms with Gasteiger partial charge < -0.3 is 14.8 Å². The second-order valence-electron chi connectivity index (χ2n) is 9.07. The van der Waals surface area contributed by atoms with E-state index in [0.29, 0.717) is 23.7 Å². The number of rotatable bonds is 10. The average Bonchev–Trinajstić information content (AvgIpc) is 2.89. The molecule has 1 amide bonds. The molecule has 3 aromatic carbocycles. The van der Waals surface area contributed by atoms with E-state index in [1.807, 2.05) is 42.5 Å². The Morgan fingerprint density at radius 1 is 0.973 bits per heavy atom. The van der Waals surface area contributed by atoms with Crippen molar-refractivity contribution < 1.29 is 22.7 Å². The van der Waals surface area contributed by atoms with Crippen molar-refractivity contribution in [2.75, 3.05) is 36.9 Å². The van der Waals surface area contributed by atoms with Crippen LogP contribution < -0.4 is 14.4 Å².